The molecule has 5 heteroatoms. The Morgan fingerprint density at radius 3 is 2.74 bits per heavy atom. The summed E-state index contributed by atoms with van der Waals surface area (Å²) in [6.07, 6.45) is 1.93. The molecule has 1 aliphatic rings. The number of anilines is 1. The first-order chi connectivity index (χ1) is 13.2. The molecule has 27 heavy (non-hydrogen) atoms. The summed E-state index contributed by atoms with van der Waals surface area (Å²) in [5, 5.41) is 0.839. The molecule has 2 heterocycles. The van der Waals surface area contributed by atoms with Crippen molar-refractivity contribution in [2.75, 3.05) is 18.1 Å². The lowest BCUT2D eigenvalue weighted by Gasteiger charge is -2.29. The van der Waals surface area contributed by atoms with Gasteiger partial charge in [0.25, 0.3) is 11.5 Å². The molecule has 1 aliphatic heterocycles. The van der Waals surface area contributed by atoms with Gasteiger partial charge in [-0.25, -0.2) is 0 Å². The van der Waals surface area contributed by atoms with Crippen LogP contribution in [0.15, 0.2) is 59.4 Å². The van der Waals surface area contributed by atoms with Gasteiger partial charge in [0.15, 0.2) is 6.61 Å². The van der Waals surface area contributed by atoms with Crippen LogP contribution in [-0.4, -0.2) is 23.6 Å². The van der Waals surface area contributed by atoms with Crippen molar-refractivity contribution < 1.29 is 9.53 Å². The van der Waals surface area contributed by atoms with Gasteiger partial charge < -0.3 is 14.2 Å². The average Bonchev–Trinajstić information content (AvgIpc) is 2.71. The fourth-order valence-corrected chi connectivity index (χ4v) is 3.76. The maximum absolute atomic E-state index is 12.8. The maximum atomic E-state index is 12.8. The zero-order valence-electron chi connectivity index (χ0n) is 15.4. The number of benzene rings is 2. The number of nitrogens with zero attached hydrogens (tertiary/aromatic N) is 2. The monoisotopic (exact) mass is 362 g/mol. The van der Waals surface area contributed by atoms with Crippen LogP contribution in [0.2, 0.25) is 0 Å². The second-order valence-electron chi connectivity index (χ2n) is 6.67. The van der Waals surface area contributed by atoms with E-state index in [1.165, 1.54) is 11.6 Å². The van der Waals surface area contributed by atoms with E-state index in [9.17, 15) is 9.59 Å². The van der Waals surface area contributed by atoms with E-state index in [1.807, 2.05) is 49.4 Å². The van der Waals surface area contributed by atoms with Crippen molar-refractivity contribution in [2.45, 2.75) is 26.3 Å². The second kappa shape index (κ2) is 7.27. The highest BCUT2D eigenvalue weighted by Crippen LogP contribution is 2.27. The normalized spacial score (nSPS) is 13.4. The third-order valence-corrected chi connectivity index (χ3v) is 5.06. The number of carbonyl (C=O) groups is 1. The molecular formula is C22H22N2O3. The van der Waals surface area contributed by atoms with Crippen molar-refractivity contribution in [1.82, 2.24) is 4.57 Å². The molecule has 0 aliphatic carbocycles. The molecule has 0 unspecified atom stereocenters. The van der Waals surface area contributed by atoms with Gasteiger partial charge >= 0.3 is 0 Å². The lowest BCUT2D eigenvalue weighted by atomic mass is 10.0. The number of amides is 1. The Bertz CT molecular complexity index is 1050. The summed E-state index contributed by atoms with van der Waals surface area (Å²) < 4.78 is 7.52. The lowest BCUT2D eigenvalue weighted by molar-refractivity contribution is -0.120. The summed E-state index contributed by atoms with van der Waals surface area (Å²) in [4.78, 5) is 27.0. The summed E-state index contributed by atoms with van der Waals surface area (Å²) >= 11 is 0. The van der Waals surface area contributed by atoms with Crippen LogP contribution >= 0.6 is 0 Å². The Hall–Kier alpha value is -3.08. The second-order valence-corrected chi connectivity index (χ2v) is 6.67. The minimum atomic E-state index is -0.123. The summed E-state index contributed by atoms with van der Waals surface area (Å²) in [5.74, 6) is 0.366. The van der Waals surface area contributed by atoms with Crippen molar-refractivity contribution in [3.63, 3.8) is 0 Å². The number of ether oxygens (including phenoxy) is 1. The Kier molecular flexibility index (Phi) is 4.67. The number of hydrogen-bond donors (Lipinski definition) is 0. The number of pyridine rings is 1. The Labute approximate surface area is 157 Å². The predicted molar refractivity (Wildman–Crippen MR) is 106 cm³/mol. The smallest absolute Gasteiger partial charge is 0.264 e. The molecule has 0 bridgehead atoms. The van der Waals surface area contributed by atoms with Gasteiger partial charge in [0.1, 0.15) is 5.75 Å². The van der Waals surface area contributed by atoms with Gasteiger partial charge in [0.2, 0.25) is 0 Å². The standard InChI is InChI=1S/C22H22N2O3/c1-2-23-19-12-6-4-10-17(19)20(14-21(23)25)27-15-22(26)24-13-7-9-16-8-3-5-11-18(16)24/h3-6,8,10-12,14H,2,7,9,13,15H2,1H3. The molecule has 138 valence electrons. The van der Waals surface area contributed by atoms with Crippen LogP contribution in [0.3, 0.4) is 0 Å². The van der Waals surface area contributed by atoms with E-state index in [2.05, 4.69) is 6.07 Å². The van der Waals surface area contributed by atoms with Gasteiger partial charge in [-0.2, -0.15) is 0 Å². The topological polar surface area (TPSA) is 51.5 Å². The van der Waals surface area contributed by atoms with Crippen molar-refractivity contribution in [2.24, 2.45) is 0 Å². The Morgan fingerprint density at radius 2 is 1.89 bits per heavy atom. The number of para-hydroxylation sites is 2. The fourth-order valence-electron chi connectivity index (χ4n) is 3.76. The number of hydrogen-bond acceptors (Lipinski definition) is 3. The number of fused-ring (bicyclic) bond motifs is 2. The summed E-state index contributed by atoms with van der Waals surface area (Å²) in [7, 11) is 0. The Morgan fingerprint density at radius 1 is 1.11 bits per heavy atom. The highest BCUT2D eigenvalue weighted by atomic mass is 16.5. The van der Waals surface area contributed by atoms with E-state index in [1.54, 1.807) is 9.47 Å². The van der Waals surface area contributed by atoms with Crippen LogP contribution in [0.5, 0.6) is 5.75 Å². The first-order valence-electron chi connectivity index (χ1n) is 9.32. The van der Waals surface area contributed by atoms with Crippen LogP contribution < -0.4 is 15.2 Å². The van der Waals surface area contributed by atoms with Crippen molar-refractivity contribution in [3.05, 3.63) is 70.5 Å². The highest BCUT2D eigenvalue weighted by Gasteiger charge is 2.22. The Balaban J connectivity index is 1.60. The SMILES string of the molecule is CCn1c(=O)cc(OCC(=O)N2CCCc3ccccc32)c2ccccc21. The molecular weight excluding hydrogens is 340 g/mol. The van der Waals surface area contributed by atoms with Crippen molar-refractivity contribution in [3.8, 4) is 5.75 Å². The number of aryl methyl sites for hydroxylation is 2. The van der Waals surface area contributed by atoms with E-state index in [0.717, 1.165) is 29.4 Å². The number of aromatic nitrogens is 1. The minimum absolute atomic E-state index is 0.0894. The summed E-state index contributed by atoms with van der Waals surface area (Å²) in [6, 6.07) is 17.1. The zero-order valence-corrected chi connectivity index (χ0v) is 15.4. The predicted octanol–water partition coefficient (Wildman–Crippen LogP) is 3.38. The van der Waals surface area contributed by atoms with E-state index in [4.69, 9.17) is 4.74 Å². The first-order valence-corrected chi connectivity index (χ1v) is 9.32. The third kappa shape index (κ3) is 3.21. The van der Waals surface area contributed by atoms with E-state index in [0.29, 0.717) is 18.8 Å². The zero-order chi connectivity index (χ0) is 18.8. The van der Waals surface area contributed by atoms with Crippen LogP contribution in [0.25, 0.3) is 10.9 Å². The van der Waals surface area contributed by atoms with Crippen LogP contribution in [0.1, 0.15) is 18.9 Å². The molecule has 0 radical (unpaired) electrons. The highest BCUT2D eigenvalue weighted by molar-refractivity contribution is 5.96. The first kappa shape index (κ1) is 17.3. The molecule has 0 saturated heterocycles. The van der Waals surface area contributed by atoms with Gasteiger partial charge in [-0.05, 0) is 43.5 Å². The summed E-state index contributed by atoms with van der Waals surface area (Å²) in [6.45, 7) is 3.13. The van der Waals surface area contributed by atoms with Crippen molar-refractivity contribution in [1.29, 1.82) is 0 Å². The fraction of sp³-hybridized carbons (Fsp3) is 0.273. The molecule has 2 aromatic carbocycles. The van der Waals surface area contributed by atoms with Crippen LogP contribution in [0.4, 0.5) is 5.69 Å². The number of carbonyl (C=O) groups excluding carboxylic acids is 1. The summed E-state index contributed by atoms with van der Waals surface area (Å²) in [5.41, 5.74) is 2.84. The van der Waals surface area contributed by atoms with Crippen LogP contribution in [0, 0.1) is 0 Å². The molecule has 4 rings (SSSR count). The minimum Gasteiger partial charge on any atom is -0.483 e. The van der Waals surface area contributed by atoms with Gasteiger partial charge in [-0.3, -0.25) is 9.59 Å². The molecule has 1 amide bonds. The van der Waals surface area contributed by atoms with E-state index >= 15 is 0 Å². The van der Waals surface area contributed by atoms with E-state index < -0.39 is 0 Å². The molecule has 0 fully saturated rings. The van der Waals surface area contributed by atoms with Gasteiger partial charge in [-0.1, -0.05) is 30.3 Å². The average molecular weight is 362 g/mol. The molecule has 3 aromatic rings. The van der Waals surface area contributed by atoms with Crippen LogP contribution in [-0.2, 0) is 17.8 Å². The molecule has 5 nitrogen and oxygen atoms in total. The van der Waals surface area contributed by atoms with Gasteiger partial charge in [-0.15, -0.1) is 0 Å². The lowest BCUT2D eigenvalue weighted by Crippen LogP contribution is -2.38. The molecule has 1 aromatic heterocycles. The molecule has 0 saturated carbocycles. The molecule has 0 N–H and O–H groups in total. The third-order valence-electron chi connectivity index (χ3n) is 5.06. The molecule has 0 spiro atoms. The largest absolute Gasteiger partial charge is 0.483 e. The molecule has 0 atom stereocenters. The quantitative estimate of drug-likeness (QED) is 0.715. The number of rotatable bonds is 4. The van der Waals surface area contributed by atoms with Gasteiger partial charge in [0, 0.05) is 30.2 Å². The van der Waals surface area contributed by atoms with Gasteiger partial charge in [0.05, 0.1) is 5.52 Å². The van der Waals surface area contributed by atoms with Crippen molar-refractivity contribution >= 4 is 22.5 Å². The maximum Gasteiger partial charge on any atom is 0.264 e. The van der Waals surface area contributed by atoms with E-state index in [-0.39, 0.29) is 18.1 Å².